The van der Waals surface area contributed by atoms with Gasteiger partial charge in [0.05, 0.1) is 24.8 Å². The number of methoxy groups -OCH3 is 2. The molecular formula is C22H22ClNO5S. The lowest BCUT2D eigenvalue weighted by atomic mass is 10.1. The molecule has 3 aromatic carbocycles. The fourth-order valence-electron chi connectivity index (χ4n) is 2.91. The number of benzene rings is 3. The lowest BCUT2D eigenvalue weighted by Gasteiger charge is -2.16. The number of rotatable bonds is 7. The van der Waals surface area contributed by atoms with Gasteiger partial charge in [0.25, 0.3) is 10.0 Å². The molecule has 0 spiro atoms. The molecule has 8 heteroatoms. The van der Waals surface area contributed by atoms with Gasteiger partial charge < -0.3 is 14.2 Å². The minimum atomic E-state index is -3.90. The van der Waals surface area contributed by atoms with Gasteiger partial charge in [-0.15, -0.1) is 0 Å². The predicted molar refractivity (Wildman–Crippen MR) is 118 cm³/mol. The van der Waals surface area contributed by atoms with Crippen molar-refractivity contribution in [1.82, 2.24) is 0 Å². The van der Waals surface area contributed by atoms with E-state index in [1.54, 1.807) is 76.6 Å². The Balaban J connectivity index is 1.95. The van der Waals surface area contributed by atoms with E-state index in [2.05, 4.69) is 4.72 Å². The maximum atomic E-state index is 13.1. The Bertz CT molecular complexity index is 1160. The highest BCUT2D eigenvalue weighted by atomic mass is 35.5. The van der Waals surface area contributed by atoms with Crippen LogP contribution in [0.15, 0.2) is 59.5 Å². The Kier molecular flexibility index (Phi) is 6.43. The third-order valence-corrected chi connectivity index (χ3v) is 6.20. The minimum absolute atomic E-state index is 0.149. The molecular weight excluding hydrogens is 426 g/mol. The van der Waals surface area contributed by atoms with E-state index in [9.17, 15) is 8.42 Å². The first-order valence-corrected chi connectivity index (χ1v) is 10.9. The molecule has 0 aliphatic heterocycles. The molecule has 0 unspecified atom stereocenters. The summed E-state index contributed by atoms with van der Waals surface area (Å²) in [6, 6.07) is 14.9. The zero-order valence-corrected chi connectivity index (χ0v) is 18.6. The van der Waals surface area contributed by atoms with Crippen molar-refractivity contribution in [2.24, 2.45) is 0 Å². The van der Waals surface area contributed by atoms with Gasteiger partial charge in [0.2, 0.25) is 0 Å². The highest BCUT2D eigenvalue weighted by Gasteiger charge is 2.21. The van der Waals surface area contributed by atoms with Crippen molar-refractivity contribution in [2.75, 3.05) is 18.9 Å². The van der Waals surface area contributed by atoms with E-state index in [1.807, 2.05) is 0 Å². The molecule has 0 radical (unpaired) electrons. The molecule has 0 aliphatic rings. The topological polar surface area (TPSA) is 73.9 Å². The van der Waals surface area contributed by atoms with Crippen molar-refractivity contribution in [1.29, 1.82) is 0 Å². The molecule has 1 N–H and O–H groups in total. The molecule has 158 valence electrons. The van der Waals surface area contributed by atoms with Crippen molar-refractivity contribution < 1.29 is 22.6 Å². The number of hydrogen-bond donors (Lipinski definition) is 1. The summed E-state index contributed by atoms with van der Waals surface area (Å²) in [5, 5.41) is 0.373. The van der Waals surface area contributed by atoms with Crippen molar-refractivity contribution in [3.05, 3.63) is 70.7 Å². The Morgan fingerprint density at radius 1 is 0.800 bits per heavy atom. The zero-order chi connectivity index (χ0) is 21.9. The summed E-state index contributed by atoms with van der Waals surface area (Å²) < 4.78 is 45.1. The van der Waals surface area contributed by atoms with Crippen molar-refractivity contribution in [3.8, 4) is 23.0 Å². The van der Waals surface area contributed by atoms with E-state index >= 15 is 0 Å². The number of halogens is 1. The molecule has 0 aromatic heterocycles. The van der Waals surface area contributed by atoms with Gasteiger partial charge in [-0.25, -0.2) is 8.42 Å². The van der Waals surface area contributed by atoms with Crippen LogP contribution in [0.5, 0.6) is 23.0 Å². The van der Waals surface area contributed by atoms with Gasteiger partial charge in [0.1, 0.15) is 17.2 Å². The van der Waals surface area contributed by atoms with Crippen LogP contribution in [0, 0.1) is 13.8 Å². The van der Waals surface area contributed by atoms with E-state index in [0.29, 0.717) is 39.1 Å². The molecule has 0 amide bonds. The van der Waals surface area contributed by atoms with E-state index in [1.165, 1.54) is 6.07 Å². The van der Waals surface area contributed by atoms with Gasteiger partial charge in [-0.3, -0.25) is 4.72 Å². The van der Waals surface area contributed by atoms with Crippen LogP contribution in [0.3, 0.4) is 0 Å². The Morgan fingerprint density at radius 2 is 1.47 bits per heavy atom. The number of ether oxygens (including phenoxy) is 3. The summed E-state index contributed by atoms with van der Waals surface area (Å²) in [6.45, 7) is 3.50. The van der Waals surface area contributed by atoms with Crippen LogP contribution in [0.25, 0.3) is 0 Å². The monoisotopic (exact) mass is 447 g/mol. The smallest absolute Gasteiger partial charge is 0.262 e. The van der Waals surface area contributed by atoms with Gasteiger partial charge in [-0.2, -0.15) is 0 Å². The van der Waals surface area contributed by atoms with E-state index in [-0.39, 0.29) is 10.6 Å². The fourth-order valence-corrected chi connectivity index (χ4v) is 4.46. The van der Waals surface area contributed by atoms with Crippen LogP contribution < -0.4 is 18.9 Å². The molecule has 30 heavy (non-hydrogen) atoms. The minimum Gasteiger partial charge on any atom is -0.497 e. The van der Waals surface area contributed by atoms with Gasteiger partial charge in [-0.05, 0) is 79.6 Å². The molecule has 3 aromatic rings. The van der Waals surface area contributed by atoms with Gasteiger partial charge in [-0.1, -0.05) is 11.6 Å². The third kappa shape index (κ3) is 4.80. The van der Waals surface area contributed by atoms with Crippen LogP contribution in [-0.2, 0) is 10.0 Å². The number of nitrogens with one attached hydrogen (secondary N) is 1. The summed E-state index contributed by atoms with van der Waals surface area (Å²) in [5.74, 6) is 2.15. The number of hydrogen-bond acceptors (Lipinski definition) is 5. The maximum Gasteiger partial charge on any atom is 0.262 e. The van der Waals surface area contributed by atoms with Gasteiger partial charge in [0, 0.05) is 5.02 Å². The lowest BCUT2D eigenvalue weighted by Crippen LogP contribution is -2.15. The zero-order valence-electron chi connectivity index (χ0n) is 17.0. The van der Waals surface area contributed by atoms with Crippen LogP contribution in [0.2, 0.25) is 5.02 Å². The Labute approximate surface area is 181 Å². The Morgan fingerprint density at radius 3 is 2.10 bits per heavy atom. The molecule has 0 saturated carbocycles. The SMILES string of the molecule is COc1ccc(Oc2ccc(Cl)cc2NS(=O)(=O)c2cc(C)c(OC)cc2C)cc1. The highest BCUT2D eigenvalue weighted by Crippen LogP contribution is 2.35. The molecule has 0 heterocycles. The molecule has 6 nitrogen and oxygen atoms in total. The molecule has 0 fully saturated rings. The first-order valence-electron chi connectivity index (χ1n) is 9.03. The second-order valence-corrected chi connectivity index (χ2v) is 8.70. The lowest BCUT2D eigenvalue weighted by molar-refractivity contribution is 0.411. The quantitative estimate of drug-likeness (QED) is 0.512. The highest BCUT2D eigenvalue weighted by molar-refractivity contribution is 7.92. The molecule has 3 rings (SSSR count). The average molecular weight is 448 g/mol. The first kappa shape index (κ1) is 21.8. The van der Waals surface area contributed by atoms with Crippen LogP contribution in [0.4, 0.5) is 5.69 Å². The second-order valence-electron chi connectivity index (χ2n) is 6.61. The summed E-state index contributed by atoms with van der Waals surface area (Å²) in [6.07, 6.45) is 0. The number of anilines is 1. The van der Waals surface area contributed by atoms with Crippen molar-refractivity contribution in [2.45, 2.75) is 18.7 Å². The molecule has 0 atom stereocenters. The van der Waals surface area contributed by atoms with Crippen molar-refractivity contribution in [3.63, 3.8) is 0 Å². The van der Waals surface area contributed by atoms with Gasteiger partial charge >= 0.3 is 0 Å². The van der Waals surface area contributed by atoms with Crippen LogP contribution in [0.1, 0.15) is 11.1 Å². The van der Waals surface area contributed by atoms with E-state index < -0.39 is 10.0 Å². The second kappa shape index (κ2) is 8.85. The van der Waals surface area contributed by atoms with Crippen molar-refractivity contribution >= 4 is 27.3 Å². The molecule has 0 aliphatic carbocycles. The van der Waals surface area contributed by atoms with Gasteiger partial charge in [0.15, 0.2) is 5.75 Å². The summed E-state index contributed by atoms with van der Waals surface area (Å²) in [7, 11) is -0.779. The summed E-state index contributed by atoms with van der Waals surface area (Å²) in [4.78, 5) is 0.149. The van der Waals surface area contributed by atoms with E-state index in [0.717, 1.165) is 0 Å². The number of sulfonamides is 1. The van der Waals surface area contributed by atoms with Crippen LogP contribution in [-0.4, -0.2) is 22.6 Å². The molecule has 0 bridgehead atoms. The standard InChI is InChI=1S/C22H22ClNO5S/c1-14-12-22(15(2)11-21(14)28-4)30(25,26)24-19-13-16(23)5-10-20(19)29-18-8-6-17(27-3)7-9-18/h5-13,24H,1-4H3. The largest absolute Gasteiger partial charge is 0.497 e. The Hall–Kier alpha value is -2.90. The summed E-state index contributed by atoms with van der Waals surface area (Å²) >= 11 is 6.11. The van der Waals surface area contributed by atoms with Crippen LogP contribution >= 0.6 is 11.6 Å². The predicted octanol–water partition coefficient (Wildman–Crippen LogP) is 5.57. The number of aryl methyl sites for hydroxylation is 2. The molecule has 0 saturated heterocycles. The van der Waals surface area contributed by atoms with E-state index in [4.69, 9.17) is 25.8 Å². The third-order valence-electron chi connectivity index (χ3n) is 4.46. The first-order chi connectivity index (χ1) is 14.2. The summed E-state index contributed by atoms with van der Waals surface area (Å²) in [5.41, 5.74) is 1.50. The average Bonchev–Trinajstić information content (AvgIpc) is 2.71. The normalized spacial score (nSPS) is 11.1. The maximum absolute atomic E-state index is 13.1. The fraction of sp³-hybridized carbons (Fsp3) is 0.182.